The molecule has 30 heavy (non-hydrogen) atoms. The molecule has 5 rings (SSSR count). The predicted octanol–water partition coefficient (Wildman–Crippen LogP) is 6.58. The van der Waals surface area contributed by atoms with Crippen LogP contribution in [0.4, 0.5) is 5.69 Å². The maximum atomic E-state index is 12.9. The second-order valence-electron chi connectivity index (χ2n) is 7.68. The molecule has 0 radical (unpaired) electrons. The molecule has 2 fully saturated rings. The zero-order chi connectivity index (χ0) is 20.8. The number of imide groups is 1. The van der Waals surface area contributed by atoms with Crippen molar-refractivity contribution in [2.24, 2.45) is 11.8 Å². The summed E-state index contributed by atoms with van der Waals surface area (Å²) >= 11 is 15.3. The summed E-state index contributed by atoms with van der Waals surface area (Å²) in [6.07, 6.45) is 3.71. The summed E-state index contributed by atoms with van der Waals surface area (Å²) < 4.78 is 1.90. The number of fused-ring (bicyclic) bond motifs is 2. The van der Waals surface area contributed by atoms with Crippen LogP contribution in [0.5, 0.6) is 0 Å². The molecule has 154 valence electrons. The highest BCUT2D eigenvalue weighted by molar-refractivity contribution is 8.00. The zero-order valence-electron chi connectivity index (χ0n) is 15.9. The van der Waals surface area contributed by atoms with E-state index in [0.29, 0.717) is 15.7 Å². The molecule has 0 bridgehead atoms. The number of rotatable bonds is 4. The normalized spacial score (nSPS) is 21.5. The molecule has 0 N–H and O–H groups in total. The molecule has 1 aliphatic heterocycles. The highest BCUT2D eigenvalue weighted by atomic mass is 35.5. The fraction of sp³-hybridized carbons (Fsp3) is 0.318. The van der Waals surface area contributed by atoms with Crippen LogP contribution in [-0.2, 0) is 15.3 Å². The number of carbonyl (C=O) groups excluding carboxylic acids is 2. The Bertz CT molecular complexity index is 1140. The quantitative estimate of drug-likeness (QED) is 0.315. The Balaban J connectivity index is 1.37. The largest absolute Gasteiger partial charge is 0.274 e. The van der Waals surface area contributed by atoms with Gasteiger partial charge in [-0.05, 0) is 48.7 Å². The smallest absolute Gasteiger partial charge is 0.237 e. The van der Waals surface area contributed by atoms with Crippen LogP contribution in [0.15, 0.2) is 40.7 Å². The van der Waals surface area contributed by atoms with Crippen molar-refractivity contribution in [1.82, 2.24) is 4.98 Å². The van der Waals surface area contributed by atoms with E-state index in [1.807, 2.05) is 30.3 Å². The van der Waals surface area contributed by atoms with Gasteiger partial charge in [0.25, 0.3) is 0 Å². The lowest BCUT2D eigenvalue weighted by molar-refractivity contribution is -0.122. The van der Waals surface area contributed by atoms with Gasteiger partial charge in [-0.2, -0.15) is 0 Å². The summed E-state index contributed by atoms with van der Waals surface area (Å²) in [6, 6.07) is 11.3. The summed E-state index contributed by atoms with van der Waals surface area (Å²) in [6.45, 7) is 0. The molecule has 2 atom stereocenters. The number of hydrogen-bond donors (Lipinski definition) is 0. The predicted molar refractivity (Wildman–Crippen MR) is 124 cm³/mol. The Hall–Kier alpha value is -1.60. The topological polar surface area (TPSA) is 50.3 Å². The Labute approximate surface area is 192 Å². The monoisotopic (exact) mass is 476 g/mol. The van der Waals surface area contributed by atoms with E-state index in [-0.39, 0.29) is 23.7 Å². The Kier molecular flexibility index (Phi) is 5.52. The van der Waals surface area contributed by atoms with Gasteiger partial charge in [-0.3, -0.25) is 14.5 Å². The highest BCUT2D eigenvalue weighted by Gasteiger charge is 2.48. The molecule has 2 aromatic carbocycles. The number of halogens is 2. The minimum atomic E-state index is -0.138. The summed E-state index contributed by atoms with van der Waals surface area (Å²) in [5.41, 5.74) is 2.61. The molecule has 2 heterocycles. The minimum absolute atomic E-state index is 0.0391. The molecule has 2 amide bonds. The van der Waals surface area contributed by atoms with Crippen molar-refractivity contribution >= 4 is 74.0 Å². The molecule has 1 aromatic heterocycles. The van der Waals surface area contributed by atoms with E-state index in [2.05, 4.69) is 4.98 Å². The van der Waals surface area contributed by atoms with E-state index in [9.17, 15) is 9.59 Å². The molecule has 0 unspecified atom stereocenters. The van der Waals surface area contributed by atoms with Crippen molar-refractivity contribution in [3.05, 3.63) is 52.0 Å². The number of thioether (sulfide) groups is 1. The Morgan fingerprint density at radius 3 is 2.43 bits per heavy atom. The summed E-state index contributed by atoms with van der Waals surface area (Å²) in [5, 5.41) is 1.09. The van der Waals surface area contributed by atoms with Gasteiger partial charge in [0.2, 0.25) is 11.8 Å². The van der Waals surface area contributed by atoms with Crippen molar-refractivity contribution in [1.29, 1.82) is 0 Å². The van der Waals surface area contributed by atoms with Crippen molar-refractivity contribution in [2.45, 2.75) is 35.8 Å². The standard InChI is InChI=1S/C22H18Cl2N2O2S2/c23-16-7-5-12(9-17(16)24)11-29-22-25-18-8-6-13(10-19(18)30-22)26-20(27)14-3-1-2-4-15(14)21(26)28/h5-10,14-15H,1-4,11H2/t14-,15+. The third-order valence-electron chi connectivity index (χ3n) is 5.80. The van der Waals surface area contributed by atoms with E-state index in [4.69, 9.17) is 23.2 Å². The molecular formula is C22H18Cl2N2O2S2. The lowest BCUT2D eigenvalue weighted by Gasteiger charge is -2.19. The number of benzene rings is 2. The SMILES string of the molecule is O=C1[C@H]2CCCC[C@H]2C(=O)N1c1ccc2nc(SCc3ccc(Cl)c(Cl)c3)sc2c1. The summed E-state index contributed by atoms with van der Waals surface area (Å²) in [7, 11) is 0. The van der Waals surface area contributed by atoms with E-state index in [0.717, 1.165) is 51.6 Å². The van der Waals surface area contributed by atoms with Crippen molar-refractivity contribution < 1.29 is 9.59 Å². The van der Waals surface area contributed by atoms with E-state index >= 15 is 0 Å². The zero-order valence-corrected chi connectivity index (χ0v) is 19.1. The average Bonchev–Trinajstić information content (AvgIpc) is 3.27. The highest BCUT2D eigenvalue weighted by Crippen LogP contribution is 2.41. The van der Waals surface area contributed by atoms with Crippen LogP contribution in [0.1, 0.15) is 31.2 Å². The first kappa shape index (κ1) is 20.3. The lowest BCUT2D eigenvalue weighted by atomic mass is 9.81. The van der Waals surface area contributed by atoms with Gasteiger partial charge >= 0.3 is 0 Å². The van der Waals surface area contributed by atoms with Gasteiger partial charge < -0.3 is 0 Å². The molecule has 0 spiro atoms. The second-order valence-corrected chi connectivity index (χ2v) is 10.7. The third kappa shape index (κ3) is 3.64. The van der Waals surface area contributed by atoms with Gasteiger partial charge in [-0.1, -0.05) is 53.9 Å². The Morgan fingerprint density at radius 2 is 1.73 bits per heavy atom. The maximum Gasteiger partial charge on any atom is 0.237 e. The number of anilines is 1. The van der Waals surface area contributed by atoms with Crippen LogP contribution < -0.4 is 4.90 Å². The lowest BCUT2D eigenvalue weighted by Crippen LogP contribution is -2.30. The molecule has 2 aliphatic rings. The van der Waals surface area contributed by atoms with Gasteiger partial charge in [0.15, 0.2) is 4.34 Å². The minimum Gasteiger partial charge on any atom is -0.274 e. The molecule has 1 saturated heterocycles. The first-order valence-corrected chi connectivity index (χ1v) is 12.4. The first-order valence-electron chi connectivity index (χ1n) is 9.86. The van der Waals surface area contributed by atoms with Crippen LogP contribution in [0.2, 0.25) is 10.0 Å². The summed E-state index contributed by atoms with van der Waals surface area (Å²) in [5.74, 6) is 0.378. The fourth-order valence-electron chi connectivity index (χ4n) is 4.28. The number of thiazole rings is 1. The van der Waals surface area contributed by atoms with E-state index < -0.39 is 0 Å². The van der Waals surface area contributed by atoms with E-state index in [1.54, 1.807) is 29.2 Å². The van der Waals surface area contributed by atoms with Gasteiger partial charge in [-0.25, -0.2) is 4.98 Å². The first-order chi connectivity index (χ1) is 14.5. The average molecular weight is 477 g/mol. The summed E-state index contributed by atoms with van der Waals surface area (Å²) in [4.78, 5) is 31.8. The number of aromatic nitrogens is 1. The van der Waals surface area contributed by atoms with Gasteiger partial charge in [0.1, 0.15) is 0 Å². The van der Waals surface area contributed by atoms with Crippen LogP contribution in [0, 0.1) is 11.8 Å². The molecule has 8 heteroatoms. The van der Waals surface area contributed by atoms with Gasteiger partial charge in [0.05, 0.1) is 37.8 Å². The maximum absolute atomic E-state index is 12.9. The van der Waals surface area contributed by atoms with Crippen LogP contribution in [0.3, 0.4) is 0 Å². The molecule has 4 nitrogen and oxygen atoms in total. The van der Waals surface area contributed by atoms with Crippen LogP contribution in [-0.4, -0.2) is 16.8 Å². The third-order valence-corrected chi connectivity index (χ3v) is 8.77. The van der Waals surface area contributed by atoms with Crippen LogP contribution in [0.25, 0.3) is 10.2 Å². The number of hydrogen-bond acceptors (Lipinski definition) is 5. The van der Waals surface area contributed by atoms with Gasteiger partial charge in [0, 0.05) is 5.75 Å². The van der Waals surface area contributed by atoms with Crippen molar-refractivity contribution in [3.63, 3.8) is 0 Å². The van der Waals surface area contributed by atoms with Crippen molar-refractivity contribution in [2.75, 3.05) is 4.90 Å². The number of nitrogens with zero attached hydrogens (tertiary/aromatic N) is 2. The number of amides is 2. The molecular weight excluding hydrogens is 459 g/mol. The second kappa shape index (κ2) is 8.15. The molecule has 1 aliphatic carbocycles. The molecule has 3 aromatic rings. The van der Waals surface area contributed by atoms with Gasteiger partial charge in [-0.15, -0.1) is 11.3 Å². The Morgan fingerprint density at radius 1 is 1.00 bits per heavy atom. The van der Waals surface area contributed by atoms with E-state index in [1.165, 1.54) is 4.90 Å². The van der Waals surface area contributed by atoms with Crippen LogP contribution >= 0.6 is 46.3 Å². The number of carbonyl (C=O) groups is 2. The fourth-order valence-corrected chi connectivity index (χ4v) is 6.65. The van der Waals surface area contributed by atoms with Crippen molar-refractivity contribution in [3.8, 4) is 0 Å². The molecule has 1 saturated carbocycles.